The molecule has 2 heterocycles. The predicted molar refractivity (Wildman–Crippen MR) is 99.1 cm³/mol. The summed E-state index contributed by atoms with van der Waals surface area (Å²) >= 11 is 0. The number of hydrogen-bond donors (Lipinski definition) is 3. The Hall–Kier alpha value is -2.65. The van der Waals surface area contributed by atoms with Crippen LogP contribution in [-0.2, 0) is 10.0 Å². The van der Waals surface area contributed by atoms with Crippen molar-refractivity contribution in [3.05, 3.63) is 40.8 Å². The van der Waals surface area contributed by atoms with Crippen molar-refractivity contribution in [2.45, 2.75) is 36.6 Å². The lowest BCUT2D eigenvalue weighted by molar-refractivity contribution is 0.483. The fourth-order valence-electron chi connectivity index (χ4n) is 3.71. The largest absolute Gasteiger partial charge is 0.397 e. The van der Waals surface area contributed by atoms with Crippen LogP contribution in [-0.4, -0.2) is 23.2 Å². The number of anilines is 1. The molecular formula is C17H19N5O3S. The number of aromatic nitrogens is 3. The number of primary sulfonamides is 1. The van der Waals surface area contributed by atoms with Crippen molar-refractivity contribution in [1.82, 2.24) is 14.8 Å². The van der Waals surface area contributed by atoms with Gasteiger partial charge in [0, 0.05) is 11.8 Å². The van der Waals surface area contributed by atoms with Crippen LogP contribution in [0.4, 0.5) is 5.69 Å². The van der Waals surface area contributed by atoms with Crippen molar-refractivity contribution in [2.24, 2.45) is 5.14 Å². The van der Waals surface area contributed by atoms with Gasteiger partial charge in [0.1, 0.15) is 10.6 Å². The zero-order chi connectivity index (χ0) is 18.5. The van der Waals surface area contributed by atoms with E-state index in [1.165, 1.54) is 6.07 Å². The van der Waals surface area contributed by atoms with Gasteiger partial charge in [-0.2, -0.15) is 5.10 Å². The monoisotopic (exact) mass is 373 g/mol. The van der Waals surface area contributed by atoms with Gasteiger partial charge in [-0.3, -0.25) is 9.48 Å². The van der Waals surface area contributed by atoms with E-state index in [1.807, 2.05) is 10.7 Å². The van der Waals surface area contributed by atoms with Gasteiger partial charge in [0.2, 0.25) is 10.0 Å². The topological polar surface area (TPSA) is 137 Å². The first-order valence-corrected chi connectivity index (χ1v) is 9.94. The van der Waals surface area contributed by atoms with Crippen LogP contribution < -0.4 is 16.4 Å². The van der Waals surface area contributed by atoms with Crippen LogP contribution in [0.1, 0.15) is 31.7 Å². The molecule has 4 rings (SSSR count). The zero-order valence-electron chi connectivity index (χ0n) is 14.0. The number of pyridine rings is 1. The van der Waals surface area contributed by atoms with Crippen LogP contribution >= 0.6 is 0 Å². The van der Waals surface area contributed by atoms with Crippen molar-refractivity contribution in [3.8, 4) is 11.3 Å². The maximum Gasteiger partial charge on any atom is 0.259 e. The molecule has 1 aliphatic rings. The summed E-state index contributed by atoms with van der Waals surface area (Å²) in [6.07, 6.45) is 5.82. The molecule has 8 nitrogen and oxygen atoms in total. The van der Waals surface area contributed by atoms with E-state index >= 15 is 0 Å². The van der Waals surface area contributed by atoms with Gasteiger partial charge in [0.25, 0.3) is 5.56 Å². The molecule has 0 saturated heterocycles. The van der Waals surface area contributed by atoms with Gasteiger partial charge in [-0.15, -0.1) is 0 Å². The lowest BCUT2D eigenvalue weighted by Gasteiger charge is -2.11. The number of nitrogens with two attached hydrogens (primary N) is 2. The molecule has 1 aliphatic carbocycles. The second kappa shape index (κ2) is 5.96. The highest BCUT2D eigenvalue weighted by molar-refractivity contribution is 7.89. The molecule has 9 heteroatoms. The summed E-state index contributed by atoms with van der Waals surface area (Å²) < 4.78 is 25.4. The quantitative estimate of drug-likeness (QED) is 0.601. The zero-order valence-corrected chi connectivity index (χ0v) is 14.8. The fraction of sp³-hybridized carbons (Fsp3) is 0.294. The molecule has 0 bridgehead atoms. The number of nitrogens with one attached hydrogen (secondary N) is 1. The van der Waals surface area contributed by atoms with Crippen molar-refractivity contribution in [1.29, 1.82) is 0 Å². The third-order valence-corrected chi connectivity index (χ3v) is 5.90. The average molecular weight is 373 g/mol. The summed E-state index contributed by atoms with van der Waals surface area (Å²) in [7, 11) is -3.98. The average Bonchev–Trinajstić information content (AvgIpc) is 3.22. The minimum absolute atomic E-state index is 0.00350. The second-order valence-electron chi connectivity index (χ2n) is 6.56. The smallest absolute Gasteiger partial charge is 0.259 e. The Morgan fingerprint density at radius 1 is 1.19 bits per heavy atom. The fourth-order valence-corrected chi connectivity index (χ4v) is 4.40. The van der Waals surface area contributed by atoms with E-state index in [2.05, 4.69) is 10.1 Å². The molecule has 0 aliphatic heterocycles. The van der Waals surface area contributed by atoms with Gasteiger partial charge >= 0.3 is 0 Å². The van der Waals surface area contributed by atoms with E-state index < -0.39 is 10.0 Å². The van der Waals surface area contributed by atoms with Gasteiger partial charge in [0.05, 0.1) is 22.6 Å². The maximum absolute atomic E-state index is 12.5. The second-order valence-corrected chi connectivity index (χ2v) is 8.09. The molecule has 0 radical (unpaired) electrons. The molecule has 1 saturated carbocycles. The summed E-state index contributed by atoms with van der Waals surface area (Å²) in [5.74, 6) is 0. The van der Waals surface area contributed by atoms with E-state index in [-0.39, 0.29) is 22.2 Å². The summed E-state index contributed by atoms with van der Waals surface area (Å²) in [4.78, 5) is 15.0. The number of H-pyrrole nitrogens is 1. The minimum Gasteiger partial charge on any atom is -0.397 e. The number of para-hydroxylation sites is 1. The number of hydrogen-bond acceptors (Lipinski definition) is 5. The molecule has 136 valence electrons. The number of sulfonamides is 1. The molecule has 0 spiro atoms. The van der Waals surface area contributed by atoms with Crippen molar-refractivity contribution < 1.29 is 8.42 Å². The maximum atomic E-state index is 12.5. The number of aromatic amines is 1. The highest BCUT2D eigenvalue weighted by atomic mass is 32.2. The Bertz CT molecular complexity index is 1160. The molecule has 5 N–H and O–H groups in total. The first kappa shape index (κ1) is 16.8. The van der Waals surface area contributed by atoms with Crippen LogP contribution in [0.2, 0.25) is 0 Å². The van der Waals surface area contributed by atoms with Crippen LogP contribution in [0.3, 0.4) is 0 Å². The van der Waals surface area contributed by atoms with E-state index in [1.54, 1.807) is 18.3 Å². The van der Waals surface area contributed by atoms with Crippen molar-refractivity contribution >= 4 is 26.6 Å². The molecule has 26 heavy (non-hydrogen) atoms. The number of nitrogens with zero attached hydrogens (tertiary/aromatic N) is 2. The Balaban J connectivity index is 2.03. The van der Waals surface area contributed by atoms with Crippen molar-refractivity contribution in [3.63, 3.8) is 0 Å². The molecule has 2 aromatic heterocycles. The number of fused-ring (bicyclic) bond motifs is 1. The van der Waals surface area contributed by atoms with Gasteiger partial charge in [-0.1, -0.05) is 25.0 Å². The molecular weight excluding hydrogens is 354 g/mol. The van der Waals surface area contributed by atoms with Crippen LogP contribution in [0, 0.1) is 0 Å². The summed E-state index contributed by atoms with van der Waals surface area (Å²) in [6, 6.07) is 6.57. The normalized spacial score (nSPS) is 15.7. The SMILES string of the molecule is Nc1c(-c2nn(C3CCCC3)c3cc[nH]c(=O)c23)cccc1S(N)(=O)=O. The number of nitrogen functional groups attached to an aromatic ring is 1. The van der Waals surface area contributed by atoms with Gasteiger partial charge in [-0.25, -0.2) is 13.6 Å². The molecule has 3 aromatic rings. The lowest BCUT2D eigenvalue weighted by Crippen LogP contribution is -2.15. The van der Waals surface area contributed by atoms with Gasteiger partial charge in [-0.05, 0) is 25.0 Å². The van der Waals surface area contributed by atoms with Crippen LogP contribution in [0.5, 0.6) is 0 Å². The van der Waals surface area contributed by atoms with E-state index in [0.29, 0.717) is 16.6 Å². The minimum atomic E-state index is -3.98. The van der Waals surface area contributed by atoms with Crippen molar-refractivity contribution in [2.75, 3.05) is 5.73 Å². The highest BCUT2D eigenvalue weighted by Crippen LogP contribution is 2.37. The van der Waals surface area contributed by atoms with E-state index in [4.69, 9.17) is 10.9 Å². The van der Waals surface area contributed by atoms with E-state index in [0.717, 1.165) is 31.2 Å². The third kappa shape index (κ3) is 2.60. The Morgan fingerprint density at radius 3 is 2.62 bits per heavy atom. The first-order chi connectivity index (χ1) is 12.4. The van der Waals surface area contributed by atoms with E-state index in [9.17, 15) is 13.2 Å². The summed E-state index contributed by atoms with van der Waals surface area (Å²) in [5.41, 5.74) is 7.27. The van der Waals surface area contributed by atoms with Gasteiger partial charge in [0.15, 0.2) is 0 Å². The Kier molecular flexibility index (Phi) is 3.85. The Labute approximate surface area is 149 Å². The molecule has 1 fully saturated rings. The standard InChI is InChI=1S/C17H19N5O3S/c18-15-11(6-3-7-13(15)26(19,24)25)16-14-12(8-9-20-17(14)23)22(21-16)10-4-1-2-5-10/h3,6-10H,1-2,4-5,18H2,(H,20,23)(H2,19,24,25). The number of benzene rings is 1. The predicted octanol–water partition coefficient (Wildman–Crippen LogP) is 1.74. The number of rotatable bonds is 3. The molecule has 0 unspecified atom stereocenters. The molecule has 0 atom stereocenters. The van der Waals surface area contributed by atoms with Crippen LogP contribution in [0.25, 0.3) is 22.2 Å². The lowest BCUT2D eigenvalue weighted by atomic mass is 10.1. The third-order valence-electron chi connectivity index (χ3n) is 4.93. The summed E-state index contributed by atoms with van der Waals surface area (Å²) in [6.45, 7) is 0. The van der Waals surface area contributed by atoms with Crippen LogP contribution in [0.15, 0.2) is 40.2 Å². The summed E-state index contributed by atoms with van der Waals surface area (Å²) in [5, 5.41) is 10.3. The Morgan fingerprint density at radius 2 is 1.92 bits per heavy atom. The first-order valence-electron chi connectivity index (χ1n) is 8.39. The van der Waals surface area contributed by atoms with Gasteiger partial charge < -0.3 is 10.7 Å². The highest BCUT2D eigenvalue weighted by Gasteiger charge is 2.25. The molecule has 1 aromatic carbocycles. The molecule has 0 amide bonds.